The van der Waals surface area contributed by atoms with Crippen LogP contribution in [0.15, 0.2) is 0 Å². The van der Waals surface area contributed by atoms with E-state index in [2.05, 4.69) is 41.5 Å². The van der Waals surface area contributed by atoms with Crippen LogP contribution in [0.2, 0.25) is 0 Å². The van der Waals surface area contributed by atoms with Crippen LogP contribution in [-0.2, 0) is 4.79 Å². The van der Waals surface area contributed by atoms with E-state index < -0.39 is 0 Å². The molecule has 5 unspecified atom stereocenters. The Morgan fingerprint density at radius 3 is 2.43 bits per heavy atom. The molecular formula is C20H34O. The van der Waals surface area contributed by atoms with Crippen molar-refractivity contribution in [2.45, 2.75) is 80.1 Å². The highest BCUT2D eigenvalue weighted by atomic mass is 16.1. The van der Waals surface area contributed by atoms with E-state index >= 15 is 0 Å². The number of hydrogen-bond acceptors (Lipinski definition) is 1. The fourth-order valence-corrected chi connectivity index (χ4v) is 6.96. The lowest BCUT2D eigenvalue weighted by Crippen LogP contribution is -2.46. The quantitative estimate of drug-likeness (QED) is 0.672. The summed E-state index contributed by atoms with van der Waals surface area (Å²) >= 11 is 0. The Bertz CT molecular complexity index is 451. The summed E-state index contributed by atoms with van der Waals surface area (Å²) in [5, 5.41) is 0. The maximum atomic E-state index is 13.1. The molecule has 3 saturated carbocycles. The predicted molar refractivity (Wildman–Crippen MR) is 88.0 cm³/mol. The molecule has 1 spiro atoms. The summed E-state index contributed by atoms with van der Waals surface area (Å²) in [4.78, 5) is 13.1. The number of Topliss-reactive ketones (excluding diaryl/α,β-unsaturated/α-hetero) is 1. The second-order valence-electron chi connectivity index (χ2n) is 9.43. The molecule has 120 valence electrons. The molecule has 21 heavy (non-hydrogen) atoms. The largest absolute Gasteiger partial charge is 0.299 e. The molecule has 0 amide bonds. The van der Waals surface area contributed by atoms with Gasteiger partial charge in [-0.15, -0.1) is 0 Å². The van der Waals surface area contributed by atoms with Gasteiger partial charge in [-0.05, 0) is 67.1 Å². The average Bonchev–Trinajstić information content (AvgIpc) is 2.87. The minimum absolute atomic E-state index is 0.0613. The van der Waals surface area contributed by atoms with Crippen molar-refractivity contribution in [3.63, 3.8) is 0 Å². The topological polar surface area (TPSA) is 17.1 Å². The lowest BCUT2D eigenvalue weighted by atomic mass is 9.56. The van der Waals surface area contributed by atoms with Gasteiger partial charge in [0.15, 0.2) is 0 Å². The van der Waals surface area contributed by atoms with Gasteiger partial charge in [-0.2, -0.15) is 0 Å². The van der Waals surface area contributed by atoms with Gasteiger partial charge in [0.1, 0.15) is 5.78 Å². The summed E-state index contributed by atoms with van der Waals surface area (Å²) in [6.45, 7) is 14.1. The van der Waals surface area contributed by atoms with Crippen LogP contribution in [0.4, 0.5) is 0 Å². The van der Waals surface area contributed by atoms with E-state index in [1.54, 1.807) is 0 Å². The van der Waals surface area contributed by atoms with Crippen LogP contribution in [-0.4, -0.2) is 5.78 Å². The summed E-state index contributed by atoms with van der Waals surface area (Å²) in [6, 6.07) is 0. The van der Waals surface area contributed by atoms with E-state index in [-0.39, 0.29) is 11.3 Å². The highest BCUT2D eigenvalue weighted by Crippen LogP contribution is 2.75. The van der Waals surface area contributed by atoms with Crippen LogP contribution in [0.1, 0.15) is 80.1 Å². The Hall–Kier alpha value is -0.330. The fraction of sp³-hybridized carbons (Fsp3) is 0.950. The van der Waals surface area contributed by atoms with Gasteiger partial charge in [0, 0.05) is 11.3 Å². The maximum absolute atomic E-state index is 13.1. The first-order valence-electron chi connectivity index (χ1n) is 9.24. The van der Waals surface area contributed by atoms with E-state index in [1.807, 2.05) is 0 Å². The lowest BCUT2D eigenvalue weighted by molar-refractivity contribution is -0.140. The zero-order chi connectivity index (χ0) is 15.6. The average molecular weight is 290 g/mol. The van der Waals surface area contributed by atoms with Crippen LogP contribution >= 0.6 is 0 Å². The molecule has 0 aromatic carbocycles. The molecule has 1 nitrogen and oxygen atoms in total. The lowest BCUT2D eigenvalue weighted by Gasteiger charge is -2.47. The molecular weight excluding hydrogens is 256 g/mol. The van der Waals surface area contributed by atoms with Crippen molar-refractivity contribution in [2.75, 3.05) is 0 Å². The first-order chi connectivity index (χ1) is 9.70. The van der Waals surface area contributed by atoms with Gasteiger partial charge in [-0.3, -0.25) is 4.79 Å². The Morgan fingerprint density at radius 1 is 1.14 bits per heavy atom. The minimum Gasteiger partial charge on any atom is -0.299 e. The molecule has 2 bridgehead atoms. The summed E-state index contributed by atoms with van der Waals surface area (Å²) in [5.41, 5.74) is 0.858. The van der Waals surface area contributed by atoms with Crippen molar-refractivity contribution in [1.29, 1.82) is 0 Å². The van der Waals surface area contributed by atoms with E-state index in [0.29, 0.717) is 22.5 Å². The highest BCUT2D eigenvalue weighted by Gasteiger charge is 2.69. The first-order valence-corrected chi connectivity index (χ1v) is 9.24. The molecule has 3 rings (SSSR count). The van der Waals surface area contributed by atoms with Gasteiger partial charge >= 0.3 is 0 Å². The van der Waals surface area contributed by atoms with Crippen molar-refractivity contribution in [2.24, 2.45) is 39.9 Å². The molecule has 3 aliphatic carbocycles. The Kier molecular flexibility index (Phi) is 3.40. The molecule has 0 radical (unpaired) electrons. The summed E-state index contributed by atoms with van der Waals surface area (Å²) < 4.78 is 0. The third kappa shape index (κ3) is 1.78. The SMILES string of the molecule is CCC(C)C(=O)C1(C)CCC23CC1C(C)(C)C2CC[C@H]3C. The van der Waals surface area contributed by atoms with Crippen LogP contribution in [0.3, 0.4) is 0 Å². The van der Waals surface area contributed by atoms with Crippen molar-refractivity contribution in [3.8, 4) is 0 Å². The summed E-state index contributed by atoms with van der Waals surface area (Å²) in [7, 11) is 0. The number of carbonyl (C=O) groups is 1. The molecule has 3 aliphatic rings. The number of rotatable bonds is 3. The standard InChI is InChI=1S/C20H34O/c1-7-13(2)17(21)19(6)10-11-20-12-16(19)18(4,5)15(20)9-8-14(20)3/h13-16H,7-12H2,1-6H3/t13?,14-,15?,16?,19?,20?/m1/s1. The second kappa shape index (κ2) is 4.59. The van der Waals surface area contributed by atoms with Crippen molar-refractivity contribution >= 4 is 5.78 Å². The molecule has 6 atom stereocenters. The van der Waals surface area contributed by atoms with Gasteiger partial charge in [0.2, 0.25) is 0 Å². The van der Waals surface area contributed by atoms with Gasteiger partial charge in [0.25, 0.3) is 0 Å². The van der Waals surface area contributed by atoms with Crippen LogP contribution in [0, 0.1) is 39.9 Å². The highest BCUT2D eigenvalue weighted by molar-refractivity contribution is 5.87. The molecule has 0 heterocycles. The minimum atomic E-state index is -0.0613. The number of hydrogen-bond donors (Lipinski definition) is 0. The number of fused-ring (bicyclic) bond motifs is 1. The van der Waals surface area contributed by atoms with Gasteiger partial charge in [0.05, 0.1) is 0 Å². The zero-order valence-corrected chi connectivity index (χ0v) is 15.0. The van der Waals surface area contributed by atoms with Crippen LogP contribution < -0.4 is 0 Å². The number of ketones is 1. The first kappa shape index (κ1) is 15.6. The summed E-state index contributed by atoms with van der Waals surface area (Å²) in [6.07, 6.45) is 7.58. The normalized spacial score (nSPS) is 49.0. The predicted octanol–water partition coefficient (Wildman–Crippen LogP) is 5.48. The smallest absolute Gasteiger partial charge is 0.141 e. The zero-order valence-electron chi connectivity index (χ0n) is 15.0. The van der Waals surface area contributed by atoms with Crippen molar-refractivity contribution < 1.29 is 4.79 Å². The van der Waals surface area contributed by atoms with Crippen molar-refractivity contribution in [3.05, 3.63) is 0 Å². The van der Waals surface area contributed by atoms with Crippen LogP contribution in [0.5, 0.6) is 0 Å². The van der Waals surface area contributed by atoms with Crippen LogP contribution in [0.25, 0.3) is 0 Å². The third-order valence-electron chi connectivity index (χ3n) is 8.45. The van der Waals surface area contributed by atoms with Gasteiger partial charge < -0.3 is 0 Å². The Balaban J connectivity index is 1.99. The Labute approximate surface area is 131 Å². The molecule has 0 N–H and O–H groups in total. The molecule has 3 fully saturated rings. The monoisotopic (exact) mass is 290 g/mol. The van der Waals surface area contributed by atoms with Crippen molar-refractivity contribution in [1.82, 2.24) is 0 Å². The van der Waals surface area contributed by atoms with E-state index in [4.69, 9.17) is 0 Å². The number of carbonyl (C=O) groups excluding carboxylic acids is 1. The van der Waals surface area contributed by atoms with Gasteiger partial charge in [-0.25, -0.2) is 0 Å². The molecule has 0 aliphatic heterocycles. The molecule has 0 aromatic heterocycles. The van der Waals surface area contributed by atoms with E-state index in [0.717, 1.165) is 24.7 Å². The van der Waals surface area contributed by atoms with Gasteiger partial charge in [-0.1, -0.05) is 41.5 Å². The fourth-order valence-electron chi connectivity index (χ4n) is 6.96. The third-order valence-corrected chi connectivity index (χ3v) is 8.45. The summed E-state index contributed by atoms with van der Waals surface area (Å²) in [5.74, 6) is 3.13. The molecule has 0 aromatic rings. The van der Waals surface area contributed by atoms with E-state index in [1.165, 1.54) is 25.7 Å². The van der Waals surface area contributed by atoms with E-state index in [9.17, 15) is 4.79 Å². The maximum Gasteiger partial charge on any atom is 0.141 e. The molecule has 1 heteroatoms. The second-order valence-corrected chi connectivity index (χ2v) is 9.43. The molecule has 0 saturated heterocycles. The Morgan fingerprint density at radius 2 is 1.81 bits per heavy atom.